The van der Waals surface area contributed by atoms with Gasteiger partial charge in [-0.15, -0.1) is 8.20 Å². The summed E-state index contributed by atoms with van der Waals surface area (Å²) >= 11 is 0. The van der Waals surface area contributed by atoms with Crippen molar-refractivity contribution in [2.75, 3.05) is 0 Å². The Balaban J connectivity index is 2.22. The fraction of sp³-hybridized carbons (Fsp3) is 0.350. The van der Waals surface area contributed by atoms with Crippen molar-refractivity contribution in [3.63, 3.8) is 0 Å². The molecule has 23 heavy (non-hydrogen) atoms. The molecule has 0 nitrogen and oxygen atoms in total. The molecule has 0 heterocycles. The van der Waals surface area contributed by atoms with Gasteiger partial charge < -0.3 is 0 Å². The predicted octanol–water partition coefficient (Wildman–Crippen LogP) is 6.63. The molecular weight excluding hydrogens is 327 g/mol. The third-order valence-corrected chi connectivity index (χ3v) is 17.7. The van der Waals surface area contributed by atoms with E-state index < -0.39 is 16.1 Å². The van der Waals surface area contributed by atoms with Crippen molar-refractivity contribution in [1.29, 1.82) is 0 Å². The molecule has 0 saturated heterocycles. The topological polar surface area (TPSA) is 0 Å². The predicted molar refractivity (Wildman–Crippen MR) is 112 cm³/mol. The molecule has 1 aliphatic carbocycles. The van der Waals surface area contributed by atoms with Gasteiger partial charge in [-0.1, -0.05) is 92.4 Å². The maximum atomic E-state index is 2.53. The lowest BCUT2D eigenvalue weighted by Gasteiger charge is -2.32. The van der Waals surface area contributed by atoms with Crippen molar-refractivity contribution in [1.82, 2.24) is 0 Å². The second-order valence-corrected chi connectivity index (χ2v) is 21.1. The molecular formula is C20H27PSi2. The van der Waals surface area contributed by atoms with Crippen LogP contribution in [0.4, 0.5) is 0 Å². The van der Waals surface area contributed by atoms with Gasteiger partial charge in [-0.2, -0.15) is 0 Å². The summed E-state index contributed by atoms with van der Waals surface area (Å²) in [7, 11) is -0.959. The smallest absolute Gasteiger partial charge is 0.0731 e. The van der Waals surface area contributed by atoms with E-state index in [1.807, 2.05) is 4.54 Å². The van der Waals surface area contributed by atoms with Crippen molar-refractivity contribution in [3.8, 4) is 11.1 Å². The molecule has 0 spiro atoms. The van der Waals surface area contributed by atoms with Crippen LogP contribution in [0.2, 0.25) is 39.3 Å². The molecule has 3 heteroatoms. The molecule has 0 N–H and O–H groups in total. The van der Waals surface area contributed by atoms with Crippen molar-refractivity contribution in [2.24, 2.45) is 0 Å². The molecule has 3 rings (SSSR count). The average molecular weight is 355 g/mol. The van der Waals surface area contributed by atoms with E-state index in [-0.39, 0.29) is 0 Å². The molecule has 0 unspecified atom stereocenters. The molecule has 0 radical (unpaired) electrons. The number of hydrogen-bond acceptors (Lipinski definition) is 0. The van der Waals surface area contributed by atoms with Gasteiger partial charge in [0.15, 0.2) is 0 Å². The first-order valence-electron chi connectivity index (χ1n) is 8.46. The first kappa shape index (κ1) is 16.9. The summed E-state index contributed by atoms with van der Waals surface area (Å²) in [6.45, 7) is 15.2. The standard InChI is InChI=1S/C20H27PSi2/c1-22(2,3)20(23(4,5)6)21-19-17-13-9-7-11-15(17)16-12-8-10-14-18(16)19/h7-14,19H,1-6H3. The van der Waals surface area contributed by atoms with Crippen molar-refractivity contribution in [3.05, 3.63) is 59.7 Å². The lowest BCUT2D eigenvalue weighted by molar-refractivity contribution is 1.22. The van der Waals surface area contributed by atoms with Crippen LogP contribution in [0, 0.1) is 0 Å². The third kappa shape index (κ3) is 3.17. The van der Waals surface area contributed by atoms with Crippen LogP contribution < -0.4 is 0 Å². The van der Waals surface area contributed by atoms with E-state index in [1.165, 1.54) is 22.3 Å². The van der Waals surface area contributed by atoms with Crippen LogP contribution in [0.25, 0.3) is 11.1 Å². The minimum absolute atomic E-state index is 0.538. The van der Waals surface area contributed by atoms with Gasteiger partial charge >= 0.3 is 0 Å². The lowest BCUT2D eigenvalue weighted by atomic mass is 10.1. The van der Waals surface area contributed by atoms with E-state index >= 15 is 0 Å². The second-order valence-electron chi connectivity index (χ2n) is 8.55. The van der Waals surface area contributed by atoms with Gasteiger partial charge in [0, 0.05) is 0 Å². The highest BCUT2D eigenvalue weighted by Gasteiger charge is 2.35. The van der Waals surface area contributed by atoms with Gasteiger partial charge in [0.25, 0.3) is 0 Å². The molecule has 0 aliphatic heterocycles. The monoisotopic (exact) mass is 354 g/mol. The fourth-order valence-electron chi connectivity index (χ4n) is 3.91. The first-order valence-corrected chi connectivity index (χ1v) is 16.4. The Labute approximate surface area is 144 Å². The molecule has 0 aromatic heterocycles. The average Bonchev–Trinajstić information content (AvgIpc) is 2.77. The molecule has 0 atom stereocenters. The summed E-state index contributed by atoms with van der Waals surface area (Å²) in [6.07, 6.45) is 0. The number of fused-ring (bicyclic) bond motifs is 3. The minimum atomic E-state index is -1.27. The molecule has 2 aromatic carbocycles. The Morgan fingerprint density at radius 3 is 1.48 bits per heavy atom. The van der Waals surface area contributed by atoms with Gasteiger partial charge in [-0.05, 0) is 22.3 Å². The van der Waals surface area contributed by atoms with Crippen LogP contribution in [-0.4, -0.2) is 20.7 Å². The quantitative estimate of drug-likeness (QED) is 0.428. The zero-order chi connectivity index (χ0) is 16.8. The van der Waals surface area contributed by atoms with Gasteiger partial charge in [0.05, 0.1) is 21.8 Å². The van der Waals surface area contributed by atoms with Crippen molar-refractivity contribution in [2.45, 2.75) is 44.9 Å². The van der Waals surface area contributed by atoms with Crippen LogP contribution in [0.15, 0.2) is 48.5 Å². The SMILES string of the molecule is C[Si](C)(C)C(=PC1c2ccccc2-c2ccccc21)[Si](C)(C)C. The Morgan fingerprint density at radius 1 is 0.696 bits per heavy atom. The number of benzene rings is 2. The van der Waals surface area contributed by atoms with Crippen LogP contribution in [0.5, 0.6) is 0 Å². The highest BCUT2D eigenvalue weighted by atomic mass is 31.1. The maximum Gasteiger partial charge on any atom is 0.0731 e. The molecule has 1 aliphatic rings. The third-order valence-electron chi connectivity index (χ3n) is 4.48. The van der Waals surface area contributed by atoms with Crippen LogP contribution in [-0.2, 0) is 0 Å². The first-order chi connectivity index (χ1) is 10.7. The Bertz CT molecular complexity index is 702. The van der Waals surface area contributed by atoms with E-state index in [0.717, 1.165) is 0 Å². The van der Waals surface area contributed by atoms with Crippen LogP contribution >= 0.6 is 8.20 Å². The van der Waals surface area contributed by atoms with E-state index in [0.29, 0.717) is 5.66 Å². The highest BCUT2D eigenvalue weighted by molar-refractivity contribution is 7.63. The zero-order valence-corrected chi connectivity index (χ0v) is 18.0. The maximum absolute atomic E-state index is 2.53. The van der Waals surface area contributed by atoms with Crippen molar-refractivity contribution >= 4 is 28.9 Å². The summed E-state index contributed by atoms with van der Waals surface area (Å²) in [5.41, 5.74) is 6.50. The largest absolute Gasteiger partial charge is 0.101 e. The van der Waals surface area contributed by atoms with E-state index in [4.69, 9.17) is 0 Å². The molecule has 2 aromatic rings. The Hall–Kier alpha value is -0.956. The molecule has 0 fully saturated rings. The van der Waals surface area contributed by atoms with E-state index in [9.17, 15) is 0 Å². The lowest BCUT2D eigenvalue weighted by Crippen LogP contribution is -2.48. The zero-order valence-electron chi connectivity index (χ0n) is 15.1. The Morgan fingerprint density at radius 2 is 1.09 bits per heavy atom. The van der Waals surface area contributed by atoms with Gasteiger partial charge in [-0.3, -0.25) is 0 Å². The minimum Gasteiger partial charge on any atom is -0.101 e. The summed E-state index contributed by atoms with van der Waals surface area (Å²) in [4.78, 5) is 0. The van der Waals surface area contributed by atoms with E-state index in [2.05, 4.69) is 87.8 Å². The van der Waals surface area contributed by atoms with Crippen molar-refractivity contribution < 1.29 is 0 Å². The summed E-state index contributed by atoms with van der Waals surface area (Å²) < 4.78 is 1.90. The van der Waals surface area contributed by atoms with E-state index in [1.54, 1.807) is 8.20 Å². The van der Waals surface area contributed by atoms with Gasteiger partial charge in [0.1, 0.15) is 0 Å². The number of hydrogen-bond donors (Lipinski definition) is 0. The van der Waals surface area contributed by atoms with Gasteiger partial charge in [0.2, 0.25) is 0 Å². The molecule has 0 bridgehead atoms. The normalized spacial score (nSPS) is 14.7. The fourth-order valence-corrected chi connectivity index (χ4v) is 17.8. The summed E-state index contributed by atoms with van der Waals surface area (Å²) in [5, 5.41) is 0. The second kappa shape index (κ2) is 5.84. The van der Waals surface area contributed by atoms with Gasteiger partial charge in [-0.25, -0.2) is 0 Å². The molecule has 0 amide bonds. The highest BCUT2D eigenvalue weighted by Crippen LogP contribution is 2.51. The number of rotatable bonds is 3. The molecule has 0 saturated carbocycles. The molecule has 120 valence electrons. The van der Waals surface area contributed by atoms with Crippen LogP contribution in [0.3, 0.4) is 0 Å². The Kier molecular flexibility index (Phi) is 4.29. The van der Waals surface area contributed by atoms with Crippen LogP contribution in [0.1, 0.15) is 16.8 Å². The summed E-state index contributed by atoms with van der Waals surface area (Å²) in [5.74, 6) is 0. The summed E-state index contributed by atoms with van der Waals surface area (Å²) in [6, 6.07) is 18.1.